The Kier molecular flexibility index (Phi) is 5.62. The Morgan fingerprint density at radius 2 is 1.83 bits per heavy atom. The van der Waals surface area contributed by atoms with E-state index < -0.39 is 5.97 Å². The van der Waals surface area contributed by atoms with Crippen molar-refractivity contribution in [2.45, 2.75) is 57.5 Å². The maximum absolute atomic E-state index is 14.9. The van der Waals surface area contributed by atoms with E-state index in [-0.39, 0.29) is 22.6 Å². The van der Waals surface area contributed by atoms with Gasteiger partial charge in [-0.3, -0.25) is 4.79 Å². The summed E-state index contributed by atoms with van der Waals surface area (Å²) >= 11 is 0. The summed E-state index contributed by atoms with van der Waals surface area (Å²) in [4.78, 5) is 11.6. The Balaban J connectivity index is 1.43. The minimum Gasteiger partial charge on any atom is -0.497 e. The lowest BCUT2D eigenvalue weighted by Crippen LogP contribution is -2.14. The quantitative estimate of drug-likeness (QED) is 0.434. The van der Waals surface area contributed by atoms with Crippen LogP contribution >= 0.6 is 0 Å². The fourth-order valence-electron chi connectivity index (χ4n) is 5.58. The molecule has 1 spiro atoms. The van der Waals surface area contributed by atoms with Gasteiger partial charge in [0, 0.05) is 11.0 Å². The molecule has 4 nitrogen and oxygen atoms in total. The van der Waals surface area contributed by atoms with Crippen LogP contribution in [0.5, 0.6) is 11.5 Å². The van der Waals surface area contributed by atoms with E-state index in [0.717, 1.165) is 40.8 Å². The molecule has 182 valence electrons. The van der Waals surface area contributed by atoms with E-state index in [1.165, 1.54) is 11.6 Å². The van der Waals surface area contributed by atoms with Crippen molar-refractivity contribution in [1.82, 2.24) is 0 Å². The first kappa shape index (κ1) is 23.4. The van der Waals surface area contributed by atoms with Gasteiger partial charge in [0.05, 0.1) is 13.0 Å². The molecule has 2 aliphatic rings. The van der Waals surface area contributed by atoms with Crippen LogP contribution in [0.3, 0.4) is 0 Å². The van der Waals surface area contributed by atoms with Crippen LogP contribution in [0.25, 0.3) is 11.1 Å². The molecule has 3 aromatic carbocycles. The van der Waals surface area contributed by atoms with Gasteiger partial charge in [-0.2, -0.15) is 0 Å². The van der Waals surface area contributed by atoms with E-state index in [9.17, 15) is 14.3 Å². The van der Waals surface area contributed by atoms with E-state index >= 15 is 0 Å². The molecule has 0 radical (unpaired) electrons. The van der Waals surface area contributed by atoms with E-state index in [1.807, 2.05) is 30.3 Å². The lowest BCUT2D eigenvalue weighted by Gasteiger charge is -2.24. The standard InChI is InChI=1S/C30H31FO4/c1-29(2,3)24-9-5-18(13-22(24)23-14-20(34-4)8-10-27(23)31)17-35-21-7-6-19-11-12-30(25(19)15-21)16-26(30)28(32)33/h5-10,13-15,26H,11-12,16-17H2,1-4H3,(H,32,33)/t26-,30-/m0/s1. The van der Waals surface area contributed by atoms with Crippen LogP contribution in [0.1, 0.15) is 55.9 Å². The Morgan fingerprint density at radius 3 is 2.51 bits per heavy atom. The molecule has 0 aliphatic heterocycles. The number of methoxy groups -OCH3 is 1. The maximum Gasteiger partial charge on any atom is 0.307 e. The van der Waals surface area contributed by atoms with Crippen molar-refractivity contribution in [1.29, 1.82) is 0 Å². The van der Waals surface area contributed by atoms with Crippen molar-refractivity contribution in [3.63, 3.8) is 0 Å². The summed E-state index contributed by atoms with van der Waals surface area (Å²) in [6.07, 6.45) is 2.53. The van der Waals surface area contributed by atoms with Gasteiger partial charge >= 0.3 is 5.97 Å². The molecule has 0 amide bonds. The van der Waals surface area contributed by atoms with Crippen LogP contribution in [0.2, 0.25) is 0 Å². The normalized spacial score (nSPS) is 20.5. The molecule has 3 aromatic rings. The lowest BCUT2D eigenvalue weighted by molar-refractivity contribution is -0.139. The number of fused-ring (bicyclic) bond motifs is 2. The number of carboxylic acid groups (broad SMARTS) is 1. The highest BCUT2D eigenvalue weighted by atomic mass is 19.1. The van der Waals surface area contributed by atoms with Gasteiger partial charge in [-0.25, -0.2) is 4.39 Å². The summed E-state index contributed by atoms with van der Waals surface area (Å²) in [6, 6.07) is 16.9. The van der Waals surface area contributed by atoms with Crippen molar-refractivity contribution in [3.05, 3.63) is 82.7 Å². The average molecular weight is 475 g/mol. The molecule has 35 heavy (non-hydrogen) atoms. The van der Waals surface area contributed by atoms with Crippen molar-refractivity contribution in [2.75, 3.05) is 7.11 Å². The van der Waals surface area contributed by atoms with Gasteiger partial charge in [0.15, 0.2) is 0 Å². The summed E-state index contributed by atoms with van der Waals surface area (Å²) in [5, 5.41) is 9.51. The zero-order valence-electron chi connectivity index (χ0n) is 20.7. The predicted octanol–water partition coefficient (Wildman–Crippen LogP) is 6.67. The molecule has 5 rings (SSSR count). The van der Waals surface area contributed by atoms with Gasteiger partial charge in [-0.05, 0) is 88.9 Å². The number of hydrogen-bond acceptors (Lipinski definition) is 3. The molecule has 2 atom stereocenters. The summed E-state index contributed by atoms with van der Waals surface area (Å²) in [5.41, 5.74) is 5.27. The van der Waals surface area contributed by atoms with E-state index in [4.69, 9.17) is 9.47 Å². The average Bonchev–Trinajstić information content (AvgIpc) is 3.46. The van der Waals surface area contributed by atoms with Crippen molar-refractivity contribution >= 4 is 5.97 Å². The highest BCUT2D eigenvalue weighted by molar-refractivity contribution is 5.78. The third-order valence-electron chi connectivity index (χ3n) is 7.59. The second kappa shape index (κ2) is 8.40. The number of hydrogen-bond donors (Lipinski definition) is 1. The van der Waals surface area contributed by atoms with Crippen molar-refractivity contribution in [3.8, 4) is 22.6 Å². The largest absolute Gasteiger partial charge is 0.497 e. The SMILES string of the molecule is COc1ccc(F)c(-c2cc(COc3ccc4c(c3)[C@]3(CC4)C[C@H]3C(=O)O)ccc2C(C)(C)C)c1. The third-order valence-corrected chi connectivity index (χ3v) is 7.59. The molecule has 1 saturated carbocycles. The minimum atomic E-state index is -0.708. The van der Waals surface area contributed by atoms with Gasteiger partial charge in [0.1, 0.15) is 23.9 Å². The summed E-state index contributed by atoms with van der Waals surface area (Å²) in [5.74, 6) is 0.0465. The fourth-order valence-corrected chi connectivity index (χ4v) is 5.58. The number of ether oxygens (including phenoxy) is 2. The zero-order valence-corrected chi connectivity index (χ0v) is 20.7. The van der Waals surface area contributed by atoms with Gasteiger partial charge in [-0.15, -0.1) is 0 Å². The fraction of sp³-hybridized carbons (Fsp3) is 0.367. The molecule has 0 saturated heterocycles. The van der Waals surface area contributed by atoms with E-state index in [1.54, 1.807) is 19.2 Å². The number of benzene rings is 3. The predicted molar refractivity (Wildman–Crippen MR) is 134 cm³/mol. The molecule has 1 fully saturated rings. The summed E-state index contributed by atoms with van der Waals surface area (Å²) < 4.78 is 26.4. The monoisotopic (exact) mass is 474 g/mol. The number of carboxylic acids is 1. The Morgan fingerprint density at radius 1 is 1.06 bits per heavy atom. The van der Waals surface area contributed by atoms with Crippen molar-refractivity contribution < 1.29 is 23.8 Å². The first-order chi connectivity index (χ1) is 16.6. The first-order valence-electron chi connectivity index (χ1n) is 12.1. The van der Waals surface area contributed by atoms with E-state index in [0.29, 0.717) is 24.3 Å². The molecule has 1 N–H and O–H groups in total. The number of halogens is 1. The van der Waals surface area contributed by atoms with Crippen molar-refractivity contribution in [2.24, 2.45) is 5.92 Å². The zero-order chi connectivity index (χ0) is 25.0. The van der Waals surface area contributed by atoms with Crippen LogP contribution in [0.4, 0.5) is 4.39 Å². The number of carbonyl (C=O) groups is 1. The molecule has 0 unspecified atom stereocenters. The molecule has 0 heterocycles. The third kappa shape index (κ3) is 4.18. The highest BCUT2D eigenvalue weighted by Crippen LogP contribution is 2.62. The van der Waals surface area contributed by atoms with Gasteiger partial charge in [0.25, 0.3) is 0 Å². The van der Waals surface area contributed by atoms with Gasteiger partial charge in [0.2, 0.25) is 0 Å². The summed E-state index contributed by atoms with van der Waals surface area (Å²) in [7, 11) is 1.58. The lowest BCUT2D eigenvalue weighted by atomic mass is 9.81. The van der Waals surface area contributed by atoms with Crippen LogP contribution in [0.15, 0.2) is 54.6 Å². The smallest absolute Gasteiger partial charge is 0.307 e. The second-order valence-corrected chi connectivity index (χ2v) is 10.8. The maximum atomic E-state index is 14.9. The minimum absolute atomic E-state index is 0.177. The van der Waals surface area contributed by atoms with Crippen LogP contribution in [0, 0.1) is 11.7 Å². The molecule has 0 bridgehead atoms. The molecule has 2 aliphatic carbocycles. The highest BCUT2D eigenvalue weighted by Gasteiger charge is 2.61. The van der Waals surface area contributed by atoms with Crippen LogP contribution < -0.4 is 9.47 Å². The summed E-state index contributed by atoms with van der Waals surface area (Å²) in [6.45, 7) is 6.67. The van der Waals surface area contributed by atoms with Gasteiger partial charge < -0.3 is 14.6 Å². The van der Waals surface area contributed by atoms with Gasteiger partial charge in [-0.1, -0.05) is 39.0 Å². The Bertz CT molecular complexity index is 1310. The molecular formula is C30H31FO4. The first-order valence-corrected chi connectivity index (χ1v) is 12.1. The molecule has 5 heteroatoms. The Hall–Kier alpha value is -3.34. The number of aliphatic carboxylic acids is 1. The number of aryl methyl sites for hydroxylation is 1. The number of rotatable bonds is 6. The van der Waals surface area contributed by atoms with Crippen LogP contribution in [-0.4, -0.2) is 18.2 Å². The second-order valence-electron chi connectivity index (χ2n) is 10.8. The molecular weight excluding hydrogens is 443 g/mol. The Labute approximate surface area is 205 Å². The molecule has 0 aromatic heterocycles. The van der Waals surface area contributed by atoms with E-state index in [2.05, 4.69) is 26.8 Å². The van der Waals surface area contributed by atoms with Crippen LogP contribution in [-0.2, 0) is 28.7 Å². The topological polar surface area (TPSA) is 55.8 Å².